The minimum absolute atomic E-state index is 0.256. The van der Waals surface area contributed by atoms with Gasteiger partial charge in [-0.2, -0.15) is 0 Å². The molecule has 20 heavy (non-hydrogen) atoms. The number of rotatable bonds is 5. The Hall–Kier alpha value is -1.36. The van der Waals surface area contributed by atoms with E-state index < -0.39 is 0 Å². The van der Waals surface area contributed by atoms with E-state index in [4.69, 9.17) is 11.6 Å². The molecule has 0 aromatic carbocycles. The summed E-state index contributed by atoms with van der Waals surface area (Å²) in [6, 6.07) is 0. The molecule has 0 unspecified atom stereocenters. The molecule has 0 atom stereocenters. The Morgan fingerprint density at radius 3 is 2.75 bits per heavy atom. The number of carbonyl (C=O) groups excluding carboxylic acids is 1. The highest BCUT2D eigenvalue weighted by atomic mass is 35.5. The maximum absolute atomic E-state index is 11.6. The lowest BCUT2D eigenvalue weighted by Gasteiger charge is -2.24. The SMILES string of the molecule is CCc1c(Cl)nc(C)nc1N(C)CCN1CCCC1=O. The highest BCUT2D eigenvalue weighted by Gasteiger charge is 2.21. The van der Waals surface area contributed by atoms with Gasteiger partial charge in [-0.25, -0.2) is 9.97 Å². The van der Waals surface area contributed by atoms with E-state index in [-0.39, 0.29) is 5.91 Å². The lowest BCUT2D eigenvalue weighted by atomic mass is 10.2. The van der Waals surface area contributed by atoms with Crippen LogP contribution in [0.1, 0.15) is 31.2 Å². The first-order valence-electron chi connectivity index (χ1n) is 7.04. The van der Waals surface area contributed by atoms with Crippen molar-refractivity contribution < 1.29 is 4.79 Å². The highest BCUT2D eigenvalue weighted by Crippen LogP contribution is 2.24. The van der Waals surface area contributed by atoms with Crippen LogP contribution in [-0.4, -0.2) is 47.5 Å². The largest absolute Gasteiger partial charge is 0.358 e. The summed E-state index contributed by atoms with van der Waals surface area (Å²) < 4.78 is 0. The van der Waals surface area contributed by atoms with Crippen molar-refractivity contribution >= 4 is 23.3 Å². The molecule has 0 saturated carbocycles. The van der Waals surface area contributed by atoms with Crippen molar-refractivity contribution in [3.63, 3.8) is 0 Å². The number of nitrogens with zero attached hydrogens (tertiary/aromatic N) is 4. The molecule has 6 heteroatoms. The quantitative estimate of drug-likeness (QED) is 0.781. The molecule has 1 aromatic heterocycles. The maximum Gasteiger partial charge on any atom is 0.222 e. The van der Waals surface area contributed by atoms with Gasteiger partial charge in [-0.15, -0.1) is 0 Å². The van der Waals surface area contributed by atoms with Gasteiger partial charge in [0.25, 0.3) is 0 Å². The molecule has 1 fully saturated rings. The predicted molar refractivity (Wildman–Crippen MR) is 80.2 cm³/mol. The third-order valence-electron chi connectivity index (χ3n) is 3.64. The monoisotopic (exact) mass is 296 g/mol. The number of likely N-dealkylation sites (tertiary alicyclic amines) is 1. The maximum atomic E-state index is 11.6. The summed E-state index contributed by atoms with van der Waals surface area (Å²) in [4.78, 5) is 24.3. The number of hydrogen-bond acceptors (Lipinski definition) is 4. The molecule has 2 heterocycles. The molecule has 1 aliphatic heterocycles. The average Bonchev–Trinajstić information content (AvgIpc) is 2.80. The van der Waals surface area contributed by atoms with Crippen LogP contribution in [0, 0.1) is 6.92 Å². The Morgan fingerprint density at radius 2 is 2.15 bits per heavy atom. The number of anilines is 1. The molecule has 2 rings (SSSR count). The second-order valence-corrected chi connectivity index (χ2v) is 5.48. The van der Waals surface area contributed by atoms with Gasteiger partial charge in [-0.3, -0.25) is 4.79 Å². The Morgan fingerprint density at radius 1 is 1.40 bits per heavy atom. The molecule has 1 saturated heterocycles. The van der Waals surface area contributed by atoms with Gasteiger partial charge in [0.1, 0.15) is 16.8 Å². The van der Waals surface area contributed by atoms with E-state index in [0.717, 1.165) is 43.9 Å². The zero-order chi connectivity index (χ0) is 14.7. The van der Waals surface area contributed by atoms with Crippen LogP contribution in [-0.2, 0) is 11.2 Å². The number of hydrogen-bond donors (Lipinski definition) is 0. The van der Waals surface area contributed by atoms with Crippen LogP contribution in [0.15, 0.2) is 0 Å². The Balaban J connectivity index is 2.08. The van der Waals surface area contributed by atoms with Crippen LogP contribution >= 0.6 is 11.6 Å². The van der Waals surface area contributed by atoms with Gasteiger partial charge in [0.2, 0.25) is 5.91 Å². The Kier molecular flexibility index (Phi) is 4.81. The molecule has 1 aliphatic rings. The summed E-state index contributed by atoms with van der Waals surface area (Å²) in [5.41, 5.74) is 0.965. The van der Waals surface area contributed by atoms with Gasteiger partial charge in [0.05, 0.1) is 0 Å². The summed E-state index contributed by atoms with van der Waals surface area (Å²) in [6.07, 6.45) is 2.45. The number of aromatic nitrogens is 2. The number of likely N-dealkylation sites (N-methyl/N-ethyl adjacent to an activating group) is 1. The molecular formula is C14H21ClN4O. The second kappa shape index (κ2) is 6.39. The first kappa shape index (κ1) is 15.0. The van der Waals surface area contributed by atoms with Gasteiger partial charge in [-0.05, 0) is 19.8 Å². The molecule has 1 aromatic rings. The molecule has 1 amide bonds. The van der Waals surface area contributed by atoms with Gasteiger partial charge in [0.15, 0.2) is 0 Å². The van der Waals surface area contributed by atoms with E-state index in [9.17, 15) is 4.79 Å². The Bertz CT molecular complexity index is 506. The minimum Gasteiger partial charge on any atom is -0.358 e. The molecule has 0 aliphatic carbocycles. The summed E-state index contributed by atoms with van der Waals surface area (Å²) in [7, 11) is 1.98. The summed E-state index contributed by atoms with van der Waals surface area (Å²) in [5, 5.41) is 0.527. The van der Waals surface area contributed by atoms with Gasteiger partial charge in [-0.1, -0.05) is 18.5 Å². The van der Waals surface area contributed by atoms with Crippen molar-refractivity contribution in [3.8, 4) is 0 Å². The third-order valence-corrected chi connectivity index (χ3v) is 3.95. The topological polar surface area (TPSA) is 49.3 Å². The van der Waals surface area contributed by atoms with Crippen molar-refractivity contribution in [2.45, 2.75) is 33.1 Å². The fraction of sp³-hybridized carbons (Fsp3) is 0.643. The van der Waals surface area contributed by atoms with E-state index in [1.807, 2.05) is 25.8 Å². The van der Waals surface area contributed by atoms with Crippen LogP contribution in [0.2, 0.25) is 5.15 Å². The normalized spacial score (nSPS) is 15.0. The minimum atomic E-state index is 0.256. The molecule has 0 radical (unpaired) electrons. The van der Waals surface area contributed by atoms with Crippen LogP contribution in [0.4, 0.5) is 5.82 Å². The molecule has 0 bridgehead atoms. The first-order chi connectivity index (χ1) is 9.52. The number of carbonyl (C=O) groups is 1. The van der Waals surface area contributed by atoms with Gasteiger partial charge in [0, 0.05) is 38.7 Å². The van der Waals surface area contributed by atoms with E-state index in [1.54, 1.807) is 0 Å². The lowest BCUT2D eigenvalue weighted by Crippen LogP contribution is -2.34. The van der Waals surface area contributed by atoms with E-state index in [1.165, 1.54) is 0 Å². The summed E-state index contributed by atoms with van der Waals surface area (Å²) in [6.45, 7) is 6.25. The van der Waals surface area contributed by atoms with Crippen molar-refractivity contribution in [1.82, 2.24) is 14.9 Å². The van der Waals surface area contributed by atoms with E-state index in [2.05, 4.69) is 14.9 Å². The van der Waals surface area contributed by atoms with E-state index >= 15 is 0 Å². The van der Waals surface area contributed by atoms with Crippen molar-refractivity contribution in [3.05, 3.63) is 16.5 Å². The zero-order valence-electron chi connectivity index (χ0n) is 12.3. The first-order valence-corrected chi connectivity index (χ1v) is 7.42. The van der Waals surface area contributed by atoms with Crippen LogP contribution in [0.3, 0.4) is 0 Å². The molecule has 0 spiro atoms. The van der Waals surface area contributed by atoms with E-state index in [0.29, 0.717) is 17.4 Å². The van der Waals surface area contributed by atoms with Gasteiger partial charge < -0.3 is 9.80 Å². The molecule has 110 valence electrons. The standard InChI is InChI=1S/C14H21ClN4O/c1-4-11-13(15)16-10(2)17-14(11)18(3)8-9-19-7-5-6-12(19)20/h4-9H2,1-3H3. The zero-order valence-corrected chi connectivity index (χ0v) is 13.1. The number of aryl methyl sites for hydroxylation is 1. The van der Waals surface area contributed by atoms with Crippen molar-refractivity contribution in [2.75, 3.05) is 31.6 Å². The van der Waals surface area contributed by atoms with Gasteiger partial charge >= 0.3 is 0 Å². The Labute approximate surface area is 124 Å². The summed E-state index contributed by atoms with van der Waals surface area (Å²) in [5.74, 6) is 1.80. The number of halogens is 1. The van der Waals surface area contributed by atoms with Crippen LogP contribution in [0.25, 0.3) is 0 Å². The fourth-order valence-electron chi connectivity index (χ4n) is 2.48. The third kappa shape index (κ3) is 3.20. The second-order valence-electron chi connectivity index (χ2n) is 5.12. The molecular weight excluding hydrogens is 276 g/mol. The molecule has 0 N–H and O–H groups in total. The predicted octanol–water partition coefficient (Wildman–Crippen LogP) is 2.06. The fourth-order valence-corrected chi connectivity index (χ4v) is 2.82. The smallest absolute Gasteiger partial charge is 0.222 e. The van der Waals surface area contributed by atoms with Crippen LogP contribution in [0.5, 0.6) is 0 Å². The van der Waals surface area contributed by atoms with Crippen molar-refractivity contribution in [2.24, 2.45) is 0 Å². The lowest BCUT2D eigenvalue weighted by molar-refractivity contribution is -0.127. The highest BCUT2D eigenvalue weighted by molar-refractivity contribution is 6.30. The molecule has 5 nitrogen and oxygen atoms in total. The number of amides is 1. The average molecular weight is 297 g/mol. The van der Waals surface area contributed by atoms with Crippen LogP contribution < -0.4 is 4.90 Å². The summed E-state index contributed by atoms with van der Waals surface area (Å²) >= 11 is 6.19. The van der Waals surface area contributed by atoms with Crippen molar-refractivity contribution in [1.29, 1.82) is 0 Å².